The maximum Gasteiger partial charge on any atom is 0.220 e. The molecule has 1 aliphatic heterocycles. The Labute approximate surface area is 150 Å². The number of benzene rings is 2. The van der Waals surface area contributed by atoms with E-state index in [1.54, 1.807) is 0 Å². The van der Waals surface area contributed by atoms with Gasteiger partial charge in [-0.2, -0.15) is 0 Å². The maximum atomic E-state index is 12.2. The van der Waals surface area contributed by atoms with Gasteiger partial charge in [-0.25, -0.2) is 0 Å². The van der Waals surface area contributed by atoms with Crippen LogP contribution in [0.3, 0.4) is 0 Å². The quantitative estimate of drug-likeness (QED) is 0.763. The average Bonchev–Trinajstić information content (AvgIpc) is 3.13. The van der Waals surface area contributed by atoms with Gasteiger partial charge in [0.25, 0.3) is 0 Å². The van der Waals surface area contributed by atoms with Gasteiger partial charge >= 0.3 is 0 Å². The lowest BCUT2D eigenvalue weighted by Crippen LogP contribution is -2.25. The van der Waals surface area contributed by atoms with Gasteiger partial charge in [0.15, 0.2) is 0 Å². The smallest absolute Gasteiger partial charge is 0.220 e. The molecule has 1 aliphatic rings. The fourth-order valence-electron chi connectivity index (χ4n) is 3.36. The number of nitrogens with two attached hydrogens (primary N) is 1. The monoisotopic (exact) mass is 337 g/mol. The van der Waals surface area contributed by atoms with Crippen LogP contribution in [-0.4, -0.2) is 23.9 Å². The number of carbonyl (C=O) groups excluding carboxylic acids is 1. The number of hydrogen-bond acceptors (Lipinski definition) is 3. The standard InChI is InChI=1S/C21H27N3O/c22-20-10-4-3-7-17(20)11-12-21(25)23-15-18-8-1-2-9-19(18)16-24-13-5-6-14-24/h1-4,7-10H,5-6,11-16,22H2,(H,23,25). The number of carbonyl (C=O) groups is 1. The number of nitrogens with one attached hydrogen (secondary N) is 1. The summed E-state index contributed by atoms with van der Waals surface area (Å²) in [6.45, 7) is 3.93. The van der Waals surface area contributed by atoms with Crippen molar-refractivity contribution >= 4 is 11.6 Å². The molecule has 0 aromatic heterocycles. The van der Waals surface area contributed by atoms with Crippen LogP contribution in [0.1, 0.15) is 36.0 Å². The summed E-state index contributed by atoms with van der Waals surface area (Å²) in [4.78, 5) is 14.7. The zero-order valence-corrected chi connectivity index (χ0v) is 14.7. The minimum absolute atomic E-state index is 0.0687. The van der Waals surface area contributed by atoms with E-state index in [2.05, 4.69) is 28.4 Å². The fraction of sp³-hybridized carbons (Fsp3) is 0.381. The molecule has 0 bridgehead atoms. The lowest BCUT2D eigenvalue weighted by atomic mass is 10.1. The lowest BCUT2D eigenvalue weighted by Gasteiger charge is -2.17. The van der Waals surface area contributed by atoms with E-state index >= 15 is 0 Å². The second-order valence-electron chi connectivity index (χ2n) is 6.73. The van der Waals surface area contributed by atoms with Crippen molar-refractivity contribution in [2.24, 2.45) is 0 Å². The van der Waals surface area contributed by atoms with Gasteiger partial charge in [0, 0.05) is 25.2 Å². The van der Waals surface area contributed by atoms with Crippen molar-refractivity contribution in [3.63, 3.8) is 0 Å². The van der Waals surface area contributed by atoms with Gasteiger partial charge in [0.05, 0.1) is 0 Å². The van der Waals surface area contributed by atoms with E-state index in [0.29, 0.717) is 19.4 Å². The van der Waals surface area contributed by atoms with Gasteiger partial charge in [0.1, 0.15) is 0 Å². The average molecular weight is 337 g/mol. The van der Waals surface area contributed by atoms with Crippen molar-refractivity contribution in [3.05, 3.63) is 65.2 Å². The summed E-state index contributed by atoms with van der Waals surface area (Å²) >= 11 is 0. The third-order valence-electron chi connectivity index (χ3n) is 4.86. The van der Waals surface area contributed by atoms with Crippen LogP contribution in [0.25, 0.3) is 0 Å². The topological polar surface area (TPSA) is 58.4 Å². The Kier molecular flexibility index (Phi) is 6.07. The summed E-state index contributed by atoms with van der Waals surface area (Å²) in [5.41, 5.74) is 10.3. The number of hydrogen-bond donors (Lipinski definition) is 2. The van der Waals surface area contributed by atoms with E-state index in [4.69, 9.17) is 5.73 Å². The second kappa shape index (κ2) is 8.67. The van der Waals surface area contributed by atoms with E-state index in [9.17, 15) is 4.79 Å². The first kappa shape index (κ1) is 17.5. The molecular formula is C21H27N3O. The largest absolute Gasteiger partial charge is 0.399 e. The summed E-state index contributed by atoms with van der Waals surface area (Å²) in [6, 6.07) is 16.1. The first-order valence-corrected chi connectivity index (χ1v) is 9.11. The number of para-hydroxylation sites is 1. The molecule has 0 atom stereocenters. The zero-order chi connectivity index (χ0) is 17.5. The molecule has 25 heavy (non-hydrogen) atoms. The van der Waals surface area contributed by atoms with Gasteiger partial charge in [0.2, 0.25) is 5.91 Å². The van der Waals surface area contributed by atoms with Crippen LogP contribution in [0.5, 0.6) is 0 Å². The molecule has 132 valence electrons. The number of nitrogens with zero attached hydrogens (tertiary/aromatic N) is 1. The molecule has 4 heteroatoms. The van der Waals surface area contributed by atoms with Crippen molar-refractivity contribution in [1.82, 2.24) is 10.2 Å². The third-order valence-corrected chi connectivity index (χ3v) is 4.86. The number of likely N-dealkylation sites (tertiary alicyclic amines) is 1. The highest BCUT2D eigenvalue weighted by Gasteiger charge is 2.13. The Morgan fingerprint density at radius 1 is 0.960 bits per heavy atom. The highest BCUT2D eigenvalue weighted by atomic mass is 16.1. The first-order chi connectivity index (χ1) is 12.2. The van der Waals surface area contributed by atoms with Crippen LogP contribution < -0.4 is 11.1 Å². The molecule has 0 aliphatic carbocycles. The second-order valence-corrected chi connectivity index (χ2v) is 6.73. The van der Waals surface area contributed by atoms with Gasteiger partial charge < -0.3 is 11.1 Å². The van der Waals surface area contributed by atoms with E-state index in [1.807, 2.05) is 30.3 Å². The molecule has 0 saturated carbocycles. The lowest BCUT2D eigenvalue weighted by molar-refractivity contribution is -0.121. The Morgan fingerprint density at radius 2 is 1.60 bits per heavy atom. The van der Waals surface area contributed by atoms with Gasteiger partial charge in [-0.15, -0.1) is 0 Å². The molecule has 1 heterocycles. The van der Waals surface area contributed by atoms with E-state index in [-0.39, 0.29) is 5.91 Å². The van der Waals surface area contributed by atoms with Crippen molar-refractivity contribution in [1.29, 1.82) is 0 Å². The van der Waals surface area contributed by atoms with Crippen molar-refractivity contribution in [2.75, 3.05) is 18.8 Å². The number of aryl methyl sites for hydroxylation is 1. The summed E-state index contributed by atoms with van der Waals surface area (Å²) in [7, 11) is 0. The minimum Gasteiger partial charge on any atom is -0.399 e. The van der Waals surface area contributed by atoms with Gasteiger partial charge in [-0.05, 0) is 55.1 Å². The molecule has 2 aromatic carbocycles. The molecule has 1 fully saturated rings. The summed E-state index contributed by atoms with van der Waals surface area (Å²) < 4.78 is 0. The Balaban J connectivity index is 1.51. The van der Waals surface area contributed by atoms with E-state index in [0.717, 1.165) is 17.8 Å². The number of rotatable bonds is 7. The summed E-state index contributed by atoms with van der Waals surface area (Å²) in [5, 5.41) is 3.06. The number of amides is 1. The Bertz CT molecular complexity index is 708. The van der Waals surface area contributed by atoms with E-state index < -0.39 is 0 Å². The molecule has 3 N–H and O–H groups in total. The molecule has 0 unspecified atom stereocenters. The SMILES string of the molecule is Nc1ccccc1CCC(=O)NCc1ccccc1CN1CCCC1. The Morgan fingerprint density at radius 3 is 2.32 bits per heavy atom. The van der Waals surface area contributed by atoms with Crippen LogP contribution >= 0.6 is 0 Å². The van der Waals surface area contributed by atoms with Crippen LogP contribution in [0.2, 0.25) is 0 Å². The van der Waals surface area contributed by atoms with Gasteiger partial charge in [-0.3, -0.25) is 9.69 Å². The molecule has 3 rings (SSSR count). The highest BCUT2D eigenvalue weighted by molar-refractivity contribution is 5.76. The zero-order valence-electron chi connectivity index (χ0n) is 14.7. The van der Waals surface area contributed by atoms with Crippen molar-refractivity contribution in [2.45, 2.75) is 38.8 Å². The third kappa shape index (κ3) is 5.07. The summed E-state index contributed by atoms with van der Waals surface area (Å²) in [6.07, 6.45) is 3.72. The predicted molar refractivity (Wildman–Crippen MR) is 102 cm³/mol. The maximum absolute atomic E-state index is 12.2. The van der Waals surface area contributed by atoms with Crippen molar-refractivity contribution in [3.8, 4) is 0 Å². The molecule has 0 radical (unpaired) electrons. The number of nitrogen functional groups attached to an aromatic ring is 1. The molecule has 1 saturated heterocycles. The van der Waals surface area contributed by atoms with Crippen LogP contribution in [0.15, 0.2) is 48.5 Å². The molecule has 1 amide bonds. The number of anilines is 1. The normalized spacial score (nSPS) is 14.6. The fourth-order valence-corrected chi connectivity index (χ4v) is 3.36. The van der Waals surface area contributed by atoms with Crippen LogP contribution in [0, 0.1) is 0 Å². The Hall–Kier alpha value is -2.33. The predicted octanol–water partition coefficient (Wildman–Crippen LogP) is 3.11. The van der Waals surface area contributed by atoms with Crippen LogP contribution in [-0.2, 0) is 24.3 Å². The van der Waals surface area contributed by atoms with Crippen LogP contribution in [0.4, 0.5) is 5.69 Å². The van der Waals surface area contributed by atoms with E-state index in [1.165, 1.54) is 37.1 Å². The minimum atomic E-state index is 0.0687. The molecular weight excluding hydrogens is 310 g/mol. The van der Waals surface area contributed by atoms with Crippen molar-refractivity contribution < 1.29 is 4.79 Å². The first-order valence-electron chi connectivity index (χ1n) is 9.11. The molecule has 2 aromatic rings. The molecule has 0 spiro atoms. The molecule has 4 nitrogen and oxygen atoms in total. The van der Waals surface area contributed by atoms with Gasteiger partial charge in [-0.1, -0.05) is 42.5 Å². The highest BCUT2D eigenvalue weighted by Crippen LogP contribution is 2.16. The summed E-state index contributed by atoms with van der Waals surface area (Å²) in [5.74, 6) is 0.0687.